The first kappa shape index (κ1) is 15.6. The van der Waals surface area contributed by atoms with Crippen LogP contribution in [0.5, 0.6) is 0 Å². The summed E-state index contributed by atoms with van der Waals surface area (Å²) in [4.78, 5) is 38.5. The van der Waals surface area contributed by atoms with Crippen molar-refractivity contribution in [3.05, 3.63) is 22.6 Å². The molecule has 128 valence electrons. The second-order valence-electron chi connectivity index (χ2n) is 7.42. The molecular weight excluding hydrogens is 306 g/mol. The molecule has 0 spiro atoms. The zero-order valence-corrected chi connectivity index (χ0v) is 14.0. The van der Waals surface area contributed by atoms with E-state index in [-0.39, 0.29) is 46.7 Å². The fourth-order valence-electron chi connectivity index (χ4n) is 4.67. The number of hydrogen-bond acceptors (Lipinski definition) is 4. The van der Waals surface area contributed by atoms with Gasteiger partial charge in [-0.1, -0.05) is 25.7 Å². The van der Waals surface area contributed by atoms with E-state index in [1.54, 1.807) is 6.92 Å². The SMILES string of the molecule is Cc1oc2c(c1C(=O)NC1CCCC1)C(=O)C1CCCCC1C2=O. The minimum atomic E-state index is -0.270. The maximum Gasteiger partial charge on any atom is 0.255 e. The molecule has 2 fully saturated rings. The average molecular weight is 329 g/mol. The number of amides is 1. The van der Waals surface area contributed by atoms with Crippen molar-refractivity contribution in [1.29, 1.82) is 0 Å². The van der Waals surface area contributed by atoms with Crippen molar-refractivity contribution in [3.63, 3.8) is 0 Å². The third-order valence-corrected chi connectivity index (χ3v) is 5.91. The van der Waals surface area contributed by atoms with E-state index in [2.05, 4.69) is 5.32 Å². The van der Waals surface area contributed by atoms with E-state index in [1.165, 1.54) is 0 Å². The predicted octanol–water partition coefficient (Wildman–Crippen LogP) is 3.45. The molecule has 1 aromatic rings. The zero-order chi connectivity index (χ0) is 16.8. The van der Waals surface area contributed by atoms with Crippen LogP contribution in [0.25, 0.3) is 0 Å². The number of hydrogen-bond donors (Lipinski definition) is 1. The molecule has 5 heteroatoms. The van der Waals surface area contributed by atoms with Crippen LogP contribution in [0, 0.1) is 18.8 Å². The first-order valence-electron chi connectivity index (χ1n) is 9.10. The minimum Gasteiger partial charge on any atom is -0.457 e. The number of nitrogens with one attached hydrogen (secondary N) is 1. The number of ketones is 2. The van der Waals surface area contributed by atoms with Crippen LogP contribution >= 0.6 is 0 Å². The van der Waals surface area contributed by atoms with E-state index in [9.17, 15) is 14.4 Å². The largest absolute Gasteiger partial charge is 0.457 e. The first-order chi connectivity index (χ1) is 11.6. The quantitative estimate of drug-likeness (QED) is 0.901. The Kier molecular flexibility index (Phi) is 3.82. The summed E-state index contributed by atoms with van der Waals surface area (Å²) in [6.45, 7) is 1.67. The van der Waals surface area contributed by atoms with Gasteiger partial charge in [-0.05, 0) is 32.6 Å². The molecule has 4 rings (SSSR count). The molecule has 0 aromatic carbocycles. The fourth-order valence-corrected chi connectivity index (χ4v) is 4.67. The number of fused-ring (bicyclic) bond motifs is 2. The van der Waals surface area contributed by atoms with E-state index >= 15 is 0 Å². The van der Waals surface area contributed by atoms with Gasteiger partial charge < -0.3 is 9.73 Å². The van der Waals surface area contributed by atoms with Crippen LogP contribution in [0.15, 0.2) is 4.42 Å². The van der Waals surface area contributed by atoms with Crippen LogP contribution in [0.4, 0.5) is 0 Å². The van der Waals surface area contributed by atoms with Crippen LogP contribution in [0.2, 0.25) is 0 Å². The highest BCUT2D eigenvalue weighted by Crippen LogP contribution is 2.42. The highest BCUT2D eigenvalue weighted by atomic mass is 16.4. The number of Topliss-reactive ketones (excluding diaryl/α,β-unsaturated/α-hetero) is 2. The Morgan fingerprint density at radius 1 is 0.958 bits per heavy atom. The predicted molar refractivity (Wildman–Crippen MR) is 87.3 cm³/mol. The molecule has 5 nitrogen and oxygen atoms in total. The molecule has 0 saturated heterocycles. The lowest BCUT2D eigenvalue weighted by molar-refractivity contribution is 0.0652. The Hall–Kier alpha value is -1.91. The van der Waals surface area contributed by atoms with Crippen molar-refractivity contribution in [2.24, 2.45) is 11.8 Å². The topological polar surface area (TPSA) is 76.4 Å². The van der Waals surface area contributed by atoms with Gasteiger partial charge in [0, 0.05) is 17.9 Å². The lowest BCUT2D eigenvalue weighted by atomic mass is 9.68. The second kappa shape index (κ2) is 5.87. The van der Waals surface area contributed by atoms with Crippen LogP contribution in [0.1, 0.15) is 88.4 Å². The Labute approximate surface area is 141 Å². The van der Waals surface area contributed by atoms with Crippen molar-refractivity contribution in [2.75, 3.05) is 0 Å². The summed E-state index contributed by atoms with van der Waals surface area (Å²) in [7, 11) is 0. The van der Waals surface area contributed by atoms with Crippen molar-refractivity contribution >= 4 is 17.5 Å². The number of furan rings is 1. The maximum atomic E-state index is 13.0. The van der Waals surface area contributed by atoms with E-state index < -0.39 is 0 Å². The summed E-state index contributed by atoms with van der Waals surface area (Å²) in [6, 6.07) is 0.166. The summed E-state index contributed by atoms with van der Waals surface area (Å²) in [6.07, 6.45) is 7.62. The molecule has 1 N–H and O–H groups in total. The molecule has 2 unspecified atom stereocenters. The Bertz CT molecular complexity index is 711. The van der Waals surface area contributed by atoms with Gasteiger partial charge in [-0.25, -0.2) is 0 Å². The monoisotopic (exact) mass is 329 g/mol. The Morgan fingerprint density at radius 2 is 1.54 bits per heavy atom. The second-order valence-corrected chi connectivity index (χ2v) is 7.42. The molecule has 24 heavy (non-hydrogen) atoms. The van der Waals surface area contributed by atoms with Gasteiger partial charge in [0.15, 0.2) is 11.5 Å². The van der Waals surface area contributed by atoms with Crippen molar-refractivity contribution in [2.45, 2.75) is 64.3 Å². The highest BCUT2D eigenvalue weighted by molar-refractivity contribution is 6.20. The van der Waals surface area contributed by atoms with E-state index in [0.29, 0.717) is 11.3 Å². The fraction of sp³-hybridized carbons (Fsp3) is 0.632. The van der Waals surface area contributed by atoms with Crippen molar-refractivity contribution < 1.29 is 18.8 Å². The minimum absolute atomic E-state index is 0.0669. The van der Waals surface area contributed by atoms with Crippen molar-refractivity contribution in [1.82, 2.24) is 5.32 Å². The van der Waals surface area contributed by atoms with E-state index in [4.69, 9.17) is 4.42 Å². The summed E-state index contributed by atoms with van der Waals surface area (Å²) in [5.41, 5.74) is 0.537. The Morgan fingerprint density at radius 3 is 2.21 bits per heavy atom. The molecule has 2 saturated carbocycles. The van der Waals surface area contributed by atoms with E-state index in [1.807, 2.05) is 0 Å². The van der Waals surface area contributed by atoms with Crippen molar-refractivity contribution in [3.8, 4) is 0 Å². The normalized spacial score (nSPS) is 27.0. The smallest absolute Gasteiger partial charge is 0.255 e. The molecule has 0 bridgehead atoms. The van der Waals surface area contributed by atoms with Gasteiger partial charge in [-0.3, -0.25) is 14.4 Å². The number of rotatable bonds is 2. The first-order valence-corrected chi connectivity index (χ1v) is 9.10. The number of carbonyl (C=O) groups is 3. The summed E-state index contributed by atoms with van der Waals surface area (Å²) in [5.74, 6) is -0.434. The number of carbonyl (C=O) groups excluding carboxylic acids is 3. The summed E-state index contributed by atoms with van der Waals surface area (Å²) in [5, 5.41) is 3.02. The lowest BCUT2D eigenvalue weighted by Crippen LogP contribution is -2.40. The molecule has 0 aliphatic heterocycles. The molecule has 3 aliphatic carbocycles. The van der Waals surface area contributed by atoms with Gasteiger partial charge in [0.2, 0.25) is 5.78 Å². The van der Waals surface area contributed by atoms with Gasteiger partial charge >= 0.3 is 0 Å². The molecule has 1 aromatic heterocycles. The zero-order valence-electron chi connectivity index (χ0n) is 14.0. The third kappa shape index (κ3) is 2.33. The Balaban J connectivity index is 1.71. The highest BCUT2D eigenvalue weighted by Gasteiger charge is 2.47. The molecule has 1 heterocycles. The lowest BCUT2D eigenvalue weighted by Gasteiger charge is -2.32. The molecular formula is C19H23NO4. The van der Waals surface area contributed by atoms with Gasteiger partial charge in [-0.15, -0.1) is 0 Å². The maximum absolute atomic E-state index is 13.0. The van der Waals surface area contributed by atoms with Gasteiger partial charge in [0.25, 0.3) is 5.91 Å². The summed E-state index contributed by atoms with van der Waals surface area (Å²) >= 11 is 0. The molecule has 0 radical (unpaired) electrons. The van der Waals surface area contributed by atoms with Crippen LogP contribution in [-0.2, 0) is 0 Å². The van der Waals surface area contributed by atoms with Crippen LogP contribution in [0.3, 0.4) is 0 Å². The van der Waals surface area contributed by atoms with Gasteiger partial charge in [0.05, 0.1) is 11.1 Å². The standard InChI is InChI=1S/C19H23NO4/c1-10-14(19(23)20-11-6-2-3-7-11)15-16(21)12-8-4-5-9-13(12)17(22)18(15)24-10/h11-13H,2-9H2,1H3,(H,20,23). The van der Waals surface area contributed by atoms with E-state index in [0.717, 1.165) is 51.4 Å². The van der Waals surface area contributed by atoms with Crippen LogP contribution < -0.4 is 5.32 Å². The van der Waals surface area contributed by atoms with Gasteiger partial charge in [-0.2, -0.15) is 0 Å². The molecule has 3 aliphatic rings. The summed E-state index contributed by atoms with van der Waals surface area (Å²) < 4.78 is 5.62. The molecule has 2 atom stereocenters. The van der Waals surface area contributed by atoms with Crippen LogP contribution in [-0.4, -0.2) is 23.5 Å². The average Bonchev–Trinajstić information content (AvgIpc) is 3.20. The third-order valence-electron chi connectivity index (χ3n) is 5.91. The van der Waals surface area contributed by atoms with Gasteiger partial charge in [0.1, 0.15) is 5.76 Å². The molecule has 1 amide bonds. The number of aryl methyl sites for hydroxylation is 1.